The van der Waals surface area contributed by atoms with Crippen LogP contribution in [0.15, 0.2) is 12.5 Å². The number of fused-ring (bicyclic) bond motifs is 1. The number of aromatic amines is 1. The van der Waals surface area contributed by atoms with Crippen molar-refractivity contribution in [2.24, 2.45) is 5.41 Å². The van der Waals surface area contributed by atoms with Gasteiger partial charge in [-0.3, -0.25) is 0 Å². The Labute approximate surface area is 118 Å². The molecule has 0 saturated carbocycles. The van der Waals surface area contributed by atoms with E-state index < -0.39 is 0 Å². The second-order valence-corrected chi connectivity index (χ2v) is 6.19. The van der Waals surface area contributed by atoms with Crippen LogP contribution < -0.4 is 10.2 Å². The molecule has 0 aromatic carbocycles. The van der Waals surface area contributed by atoms with E-state index >= 15 is 0 Å². The van der Waals surface area contributed by atoms with Crippen molar-refractivity contribution in [3.63, 3.8) is 0 Å². The topological polar surface area (TPSA) is 56.8 Å². The van der Waals surface area contributed by atoms with Crippen LogP contribution in [0.3, 0.4) is 0 Å². The summed E-state index contributed by atoms with van der Waals surface area (Å²) in [5.41, 5.74) is 2.82. The largest absolute Gasteiger partial charge is 0.355 e. The zero-order valence-corrected chi connectivity index (χ0v) is 11.9. The number of hydrogen-bond donors (Lipinski definition) is 2. The first-order chi connectivity index (χ1) is 9.81. The Morgan fingerprint density at radius 1 is 1.25 bits per heavy atom. The van der Waals surface area contributed by atoms with E-state index in [1.807, 2.05) is 0 Å². The molecule has 2 saturated heterocycles. The number of rotatable bonds is 2. The van der Waals surface area contributed by atoms with Crippen molar-refractivity contribution >= 4 is 16.9 Å². The Kier molecular flexibility index (Phi) is 2.70. The van der Waals surface area contributed by atoms with Crippen LogP contribution >= 0.6 is 0 Å². The molecule has 0 amide bonds. The molecule has 2 aromatic rings. The van der Waals surface area contributed by atoms with Gasteiger partial charge in [-0.2, -0.15) is 0 Å². The molecular formula is C15H21N5. The van der Waals surface area contributed by atoms with E-state index in [9.17, 15) is 0 Å². The van der Waals surface area contributed by atoms with Crippen LogP contribution in [0.4, 0.5) is 5.82 Å². The fourth-order valence-electron chi connectivity index (χ4n) is 3.71. The van der Waals surface area contributed by atoms with Gasteiger partial charge in [0.05, 0.1) is 5.39 Å². The summed E-state index contributed by atoms with van der Waals surface area (Å²) in [6.45, 7) is 6.81. The third-order valence-corrected chi connectivity index (χ3v) is 4.93. The molecule has 4 heterocycles. The third-order valence-electron chi connectivity index (χ3n) is 4.93. The van der Waals surface area contributed by atoms with Gasteiger partial charge in [-0.05, 0) is 37.9 Å². The summed E-state index contributed by atoms with van der Waals surface area (Å²) in [4.78, 5) is 14.6. The molecule has 2 N–H and O–H groups in total. The smallest absolute Gasteiger partial charge is 0.143 e. The van der Waals surface area contributed by atoms with Gasteiger partial charge in [0.1, 0.15) is 17.8 Å². The minimum absolute atomic E-state index is 0.533. The van der Waals surface area contributed by atoms with Crippen molar-refractivity contribution in [2.45, 2.75) is 26.2 Å². The highest BCUT2D eigenvalue weighted by Crippen LogP contribution is 2.42. The third kappa shape index (κ3) is 1.73. The quantitative estimate of drug-likeness (QED) is 0.873. The minimum Gasteiger partial charge on any atom is -0.355 e. The van der Waals surface area contributed by atoms with Gasteiger partial charge in [-0.25, -0.2) is 9.97 Å². The molecule has 5 heteroatoms. The summed E-state index contributed by atoms with van der Waals surface area (Å²) in [7, 11) is 0. The standard InChI is InChI=1S/C15H21N5/c1-2-11-7-17-13-12(11)14(19-10-18-13)20-8-15(9-20)3-5-16-6-4-15/h7,10,16H,2-6,8-9H2,1H3,(H,17,18,19). The van der Waals surface area contributed by atoms with Gasteiger partial charge in [-0.15, -0.1) is 0 Å². The molecule has 2 aliphatic rings. The number of hydrogen-bond acceptors (Lipinski definition) is 4. The average molecular weight is 271 g/mol. The summed E-state index contributed by atoms with van der Waals surface area (Å²) in [5.74, 6) is 1.12. The molecule has 5 nitrogen and oxygen atoms in total. The highest BCUT2D eigenvalue weighted by atomic mass is 15.3. The molecule has 106 valence electrons. The van der Waals surface area contributed by atoms with Crippen molar-refractivity contribution in [3.8, 4) is 0 Å². The lowest BCUT2D eigenvalue weighted by molar-refractivity contribution is 0.149. The van der Waals surface area contributed by atoms with Gasteiger partial charge in [0.15, 0.2) is 0 Å². The Bertz CT molecular complexity index is 618. The fraction of sp³-hybridized carbons (Fsp3) is 0.600. The van der Waals surface area contributed by atoms with Crippen molar-refractivity contribution < 1.29 is 0 Å². The molecule has 4 rings (SSSR count). The van der Waals surface area contributed by atoms with E-state index in [4.69, 9.17) is 0 Å². The Morgan fingerprint density at radius 2 is 2.05 bits per heavy atom. The molecule has 2 fully saturated rings. The molecule has 0 radical (unpaired) electrons. The van der Waals surface area contributed by atoms with Crippen molar-refractivity contribution in [2.75, 3.05) is 31.1 Å². The fourth-order valence-corrected chi connectivity index (χ4v) is 3.71. The highest BCUT2D eigenvalue weighted by molar-refractivity contribution is 5.91. The van der Waals surface area contributed by atoms with Crippen LogP contribution in [-0.4, -0.2) is 41.1 Å². The van der Waals surface area contributed by atoms with Crippen molar-refractivity contribution in [1.29, 1.82) is 0 Å². The van der Waals surface area contributed by atoms with Gasteiger partial charge < -0.3 is 15.2 Å². The molecule has 0 unspecified atom stereocenters. The lowest BCUT2D eigenvalue weighted by Crippen LogP contribution is -2.60. The Morgan fingerprint density at radius 3 is 2.80 bits per heavy atom. The molecule has 0 bridgehead atoms. The lowest BCUT2D eigenvalue weighted by atomic mass is 9.72. The van der Waals surface area contributed by atoms with Gasteiger partial charge in [0, 0.05) is 24.7 Å². The lowest BCUT2D eigenvalue weighted by Gasteiger charge is -2.53. The molecule has 2 aliphatic heterocycles. The minimum atomic E-state index is 0.533. The Balaban J connectivity index is 1.65. The Hall–Kier alpha value is -1.62. The van der Waals surface area contributed by atoms with E-state index in [1.54, 1.807) is 6.33 Å². The van der Waals surface area contributed by atoms with E-state index in [0.717, 1.165) is 44.1 Å². The first kappa shape index (κ1) is 12.1. The normalized spacial score (nSPS) is 21.4. The number of anilines is 1. The van der Waals surface area contributed by atoms with E-state index in [2.05, 4.69) is 38.3 Å². The average Bonchev–Trinajstić information content (AvgIpc) is 2.88. The van der Waals surface area contributed by atoms with Gasteiger partial charge in [-0.1, -0.05) is 6.92 Å². The SMILES string of the molecule is CCc1c[nH]c2ncnc(N3CC4(CCNCC4)C3)c12. The number of piperidine rings is 1. The highest BCUT2D eigenvalue weighted by Gasteiger charge is 2.44. The van der Waals surface area contributed by atoms with Gasteiger partial charge >= 0.3 is 0 Å². The summed E-state index contributed by atoms with van der Waals surface area (Å²) in [6.07, 6.45) is 7.37. The summed E-state index contributed by atoms with van der Waals surface area (Å²) < 4.78 is 0. The maximum Gasteiger partial charge on any atom is 0.143 e. The van der Waals surface area contributed by atoms with Crippen LogP contribution in [0.5, 0.6) is 0 Å². The monoisotopic (exact) mass is 271 g/mol. The molecule has 0 atom stereocenters. The first-order valence-corrected chi connectivity index (χ1v) is 7.58. The van der Waals surface area contributed by atoms with Gasteiger partial charge in [0.2, 0.25) is 0 Å². The molecule has 1 spiro atoms. The second kappa shape index (κ2) is 4.45. The molecule has 0 aliphatic carbocycles. The molecule has 2 aromatic heterocycles. The number of nitrogens with zero attached hydrogens (tertiary/aromatic N) is 3. The maximum atomic E-state index is 4.57. The predicted molar refractivity (Wildman–Crippen MR) is 80.0 cm³/mol. The van der Waals surface area contributed by atoms with Gasteiger partial charge in [0.25, 0.3) is 0 Å². The maximum absolute atomic E-state index is 4.57. The summed E-state index contributed by atoms with van der Waals surface area (Å²) >= 11 is 0. The second-order valence-electron chi connectivity index (χ2n) is 6.19. The van der Waals surface area contributed by atoms with E-state index in [1.165, 1.54) is 23.8 Å². The summed E-state index contributed by atoms with van der Waals surface area (Å²) in [5, 5.41) is 4.68. The number of nitrogens with one attached hydrogen (secondary N) is 2. The van der Waals surface area contributed by atoms with Crippen LogP contribution in [0, 0.1) is 5.41 Å². The molecule has 20 heavy (non-hydrogen) atoms. The number of aryl methyl sites for hydroxylation is 1. The van der Waals surface area contributed by atoms with E-state index in [0.29, 0.717) is 5.41 Å². The molecular weight excluding hydrogens is 250 g/mol. The van der Waals surface area contributed by atoms with Crippen molar-refractivity contribution in [1.82, 2.24) is 20.3 Å². The van der Waals surface area contributed by atoms with Crippen LogP contribution in [0.25, 0.3) is 11.0 Å². The zero-order chi connectivity index (χ0) is 13.6. The predicted octanol–water partition coefficient (Wildman–Crippen LogP) is 1.71. The first-order valence-electron chi connectivity index (χ1n) is 7.58. The number of H-pyrrole nitrogens is 1. The van der Waals surface area contributed by atoms with E-state index in [-0.39, 0.29) is 0 Å². The van der Waals surface area contributed by atoms with Crippen LogP contribution in [-0.2, 0) is 6.42 Å². The van der Waals surface area contributed by atoms with Crippen LogP contribution in [0.1, 0.15) is 25.3 Å². The zero-order valence-electron chi connectivity index (χ0n) is 11.9. The van der Waals surface area contributed by atoms with Crippen LogP contribution in [0.2, 0.25) is 0 Å². The number of aromatic nitrogens is 3. The summed E-state index contributed by atoms with van der Waals surface area (Å²) in [6, 6.07) is 0. The van der Waals surface area contributed by atoms with Crippen molar-refractivity contribution in [3.05, 3.63) is 18.1 Å².